The number of rotatable bonds is 3. The molecule has 0 bridgehead atoms. The number of likely N-dealkylation sites (tertiary alicyclic amines) is 1. The minimum atomic E-state index is -0.336. The van der Waals surface area contributed by atoms with Gasteiger partial charge in [-0.1, -0.05) is 48.9 Å². The van der Waals surface area contributed by atoms with Gasteiger partial charge >= 0.3 is 0 Å². The van der Waals surface area contributed by atoms with E-state index in [1.165, 1.54) is 12.0 Å². The second-order valence-corrected chi connectivity index (χ2v) is 8.48. The lowest BCUT2D eigenvalue weighted by Gasteiger charge is -2.51. The number of hydrazone groups is 1. The van der Waals surface area contributed by atoms with E-state index in [1.807, 2.05) is 12.1 Å². The van der Waals surface area contributed by atoms with Gasteiger partial charge in [0.05, 0.1) is 11.8 Å². The summed E-state index contributed by atoms with van der Waals surface area (Å²) in [7, 11) is 0. The number of ether oxygens (including phenoxy) is 1. The number of piperidine rings is 1. The van der Waals surface area contributed by atoms with Crippen LogP contribution in [-0.4, -0.2) is 41.0 Å². The van der Waals surface area contributed by atoms with Crippen LogP contribution in [0, 0.1) is 0 Å². The van der Waals surface area contributed by atoms with Crippen molar-refractivity contribution in [3.63, 3.8) is 0 Å². The van der Waals surface area contributed by atoms with E-state index in [0.29, 0.717) is 0 Å². The summed E-state index contributed by atoms with van der Waals surface area (Å²) in [6.45, 7) is 5.53. The van der Waals surface area contributed by atoms with Crippen molar-refractivity contribution >= 4 is 17.3 Å². The zero-order chi connectivity index (χ0) is 19.1. The molecule has 3 aliphatic rings. The van der Waals surface area contributed by atoms with E-state index in [0.717, 1.165) is 60.9 Å². The van der Waals surface area contributed by atoms with Crippen LogP contribution in [0.5, 0.6) is 5.75 Å². The number of benzene rings is 2. The molecular weight excluding hydrogens is 370 g/mol. The number of fused-ring (bicyclic) bond motifs is 4. The van der Waals surface area contributed by atoms with E-state index < -0.39 is 0 Å². The molecule has 4 nitrogen and oxygen atoms in total. The fourth-order valence-electron chi connectivity index (χ4n) is 4.82. The van der Waals surface area contributed by atoms with Gasteiger partial charge in [-0.05, 0) is 36.7 Å². The molecule has 0 N–H and O–H groups in total. The van der Waals surface area contributed by atoms with E-state index in [-0.39, 0.29) is 11.8 Å². The number of halogens is 1. The van der Waals surface area contributed by atoms with Crippen molar-refractivity contribution in [1.29, 1.82) is 0 Å². The molecule has 28 heavy (non-hydrogen) atoms. The fourth-order valence-corrected chi connectivity index (χ4v) is 4.94. The Morgan fingerprint density at radius 1 is 1.11 bits per heavy atom. The van der Waals surface area contributed by atoms with Crippen molar-refractivity contribution in [3.05, 3.63) is 64.7 Å². The maximum absolute atomic E-state index is 6.68. The van der Waals surface area contributed by atoms with Gasteiger partial charge in [0, 0.05) is 42.9 Å². The first-order valence-electron chi connectivity index (χ1n) is 10.3. The molecule has 0 radical (unpaired) electrons. The Balaban J connectivity index is 1.51. The largest absolute Gasteiger partial charge is 0.466 e. The summed E-state index contributed by atoms with van der Waals surface area (Å²) in [4.78, 5) is 2.55. The molecule has 0 saturated carbocycles. The molecular formula is C23H26ClN3O. The summed E-state index contributed by atoms with van der Waals surface area (Å²) in [6, 6.07) is 16.8. The first-order valence-corrected chi connectivity index (χ1v) is 10.7. The molecule has 1 fully saturated rings. The normalized spacial score (nSPS) is 23.1. The van der Waals surface area contributed by atoms with Crippen molar-refractivity contribution in [2.75, 3.05) is 19.6 Å². The SMILES string of the molecule is CCCN1CCC2(CC1)Oc1ccccc1[C@@H]1CC(c3ccc(Cl)cc3)=NN12. The summed E-state index contributed by atoms with van der Waals surface area (Å²) in [5, 5.41) is 8.16. The first kappa shape index (κ1) is 18.0. The average molecular weight is 396 g/mol. The Bertz CT molecular complexity index is 887. The van der Waals surface area contributed by atoms with Gasteiger partial charge in [-0.15, -0.1) is 0 Å². The van der Waals surface area contributed by atoms with Gasteiger partial charge in [0.2, 0.25) is 5.72 Å². The lowest BCUT2D eigenvalue weighted by atomic mass is 9.90. The molecule has 1 atom stereocenters. The van der Waals surface area contributed by atoms with Gasteiger partial charge in [0.15, 0.2) is 0 Å². The topological polar surface area (TPSA) is 28.1 Å². The van der Waals surface area contributed by atoms with Crippen LogP contribution < -0.4 is 4.74 Å². The molecule has 5 rings (SSSR count). The van der Waals surface area contributed by atoms with Gasteiger partial charge in [-0.2, -0.15) is 5.10 Å². The van der Waals surface area contributed by atoms with Crippen molar-refractivity contribution < 1.29 is 4.74 Å². The highest BCUT2D eigenvalue weighted by molar-refractivity contribution is 6.30. The summed E-state index contributed by atoms with van der Waals surface area (Å²) in [5.74, 6) is 1.03. The van der Waals surface area contributed by atoms with Gasteiger partial charge in [0.25, 0.3) is 0 Å². The lowest BCUT2D eigenvalue weighted by Crippen LogP contribution is -2.59. The first-order chi connectivity index (χ1) is 13.7. The van der Waals surface area contributed by atoms with Crippen molar-refractivity contribution in [1.82, 2.24) is 9.91 Å². The second-order valence-electron chi connectivity index (χ2n) is 8.05. The predicted molar refractivity (Wildman–Crippen MR) is 113 cm³/mol. The van der Waals surface area contributed by atoms with Crippen LogP contribution >= 0.6 is 11.6 Å². The highest BCUT2D eigenvalue weighted by Gasteiger charge is 2.51. The molecule has 3 aliphatic heterocycles. The van der Waals surface area contributed by atoms with Gasteiger partial charge in [0.1, 0.15) is 5.75 Å². The van der Waals surface area contributed by atoms with E-state index in [4.69, 9.17) is 21.4 Å². The van der Waals surface area contributed by atoms with E-state index in [2.05, 4.69) is 53.2 Å². The third-order valence-electron chi connectivity index (χ3n) is 6.26. The zero-order valence-corrected chi connectivity index (χ0v) is 17.0. The van der Waals surface area contributed by atoms with Crippen LogP contribution in [0.15, 0.2) is 53.6 Å². The van der Waals surface area contributed by atoms with Crippen molar-refractivity contribution in [2.45, 2.75) is 44.4 Å². The van der Waals surface area contributed by atoms with Crippen LogP contribution in [0.2, 0.25) is 5.02 Å². The molecule has 0 aliphatic carbocycles. The standard InChI is InChI=1S/C23H26ClN3O/c1-2-13-26-14-11-23(12-15-26)27-21(19-5-3-4-6-22(19)28-23)16-20(25-27)17-7-9-18(24)10-8-17/h3-10,21H,2,11-16H2,1H3/t21-/m0/s1. The predicted octanol–water partition coefficient (Wildman–Crippen LogP) is 5.09. The third-order valence-corrected chi connectivity index (χ3v) is 6.51. The average Bonchev–Trinajstić information content (AvgIpc) is 3.17. The number of hydrogen-bond acceptors (Lipinski definition) is 4. The Hall–Kier alpha value is -2.04. The van der Waals surface area contributed by atoms with Crippen LogP contribution in [-0.2, 0) is 0 Å². The van der Waals surface area contributed by atoms with Crippen LogP contribution in [0.25, 0.3) is 0 Å². The minimum Gasteiger partial charge on any atom is -0.466 e. The quantitative estimate of drug-likeness (QED) is 0.724. The maximum Gasteiger partial charge on any atom is 0.200 e. The Morgan fingerprint density at radius 2 is 1.86 bits per heavy atom. The van der Waals surface area contributed by atoms with Crippen LogP contribution in [0.1, 0.15) is 49.8 Å². The zero-order valence-electron chi connectivity index (χ0n) is 16.3. The molecule has 5 heteroatoms. The molecule has 0 unspecified atom stereocenters. The van der Waals surface area contributed by atoms with Crippen LogP contribution in [0.4, 0.5) is 0 Å². The lowest BCUT2D eigenvalue weighted by molar-refractivity contribution is -0.149. The van der Waals surface area contributed by atoms with Gasteiger partial charge in [-0.25, -0.2) is 5.01 Å². The van der Waals surface area contributed by atoms with Gasteiger partial charge in [-0.3, -0.25) is 0 Å². The van der Waals surface area contributed by atoms with Crippen LogP contribution in [0.3, 0.4) is 0 Å². The molecule has 2 aromatic rings. The second kappa shape index (κ2) is 7.09. The molecule has 0 amide bonds. The number of hydrogen-bond donors (Lipinski definition) is 0. The van der Waals surface area contributed by atoms with Crippen molar-refractivity contribution in [3.8, 4) is 5.75 Å². The van der Waals surface area contributed by atoms with Crippen molar-refractivity contribution in [2.24, 2.45) is 5.10 Å². The number of nitrogens with zero attached hydrogens (tertiary/aromatic N) is 3. The molecule has 2 aromatic carbocycles. The smallest absolute Gasteiger partial charge is 0.200 e. The number of para-hydroxylation sites is 1. The monoisotopic (exact) mass is 395 g/mol. The Kier molecular flexibility index (Phi) is 4.56. The summed E-state index contributed by atoms with van der Waals surface area (Å²) < 4.78 is 6.68. The Labute approximate surface area is 171 Å². The van der Waals surface area contributed by atoms with E-state index >= 15 is 0 Å². The molecule has 3 heterocycles. The minimum absolute atomic E-state index is 0.244. The molecule has 146 valence electrons. The van der Waals surface area contributed by atoms with E-state index in [9.17, 15) is 0 Å². The third kappa shape index (κ3) is 2.99. The summed E-state index contributed by atoms with van der Waals surface area (Å²) in [5.41, 5.74) is 3.18. The fraction of sp³-hybridized carbons (Fsp3) is 0.435. The highest BCUT2D eigenvalue weighted by Crippen LogP contribution is 2.49. The molecule has 1 saturated heterocycles. The maximum atomic E-state index is 6.68. The van der Waals surface area contributed by atoms with Gasteiger partial charge < -0.3 is 9.64 Å². The highest BCUT2D eigenvalue weighted by atomic mass is 35.5. The summed E-state index contributed by atoms with van der Waals surface area (Å²) >= 11 is 6.09. The molecule has 1 spiro atoms. The van der Waals surface area contributed by atoms with E-state index in [1.54, 1.807) is 0 Å². The molecule has 0 aromatic heterocycles. The summed E-state index contributed by atoms with van der Waals surface area (Å²) in [6.07, 6.45) is 4.06. The Morgan fingerprint density at radius 3 is 2.61 bits per heavy atom.